The van der Waals surface area contributed by atoms with E-state index in [0.29, 0.717) is 18.4 Å². The minimum atomic E-state index is -4.71. The third kappa shape index (κ3) is 5.32. The Morgan fingerprint density at radius 2 is 1.94 bits per heavy atom. The Morgan fingerprint density at radius 3 is 2.48 bits per heavy atom. The van der Waals surface area contributed by atoms with Crippen LogP contribution >= 0.6 is 22.9 Å². The van der Waals surface area contributed by atoms with Crippen LogP contribution in [-0.2, 0) is 27.0 Å². The summed E-state index contributed by atoms with van der Waals surface area (Å²) in [6, 6.07) is 0. The molecule has 0 spiro atoms. The van der Waals surface area contributed by atoms with Crippen molar-refractivity contribution in [1.82, 2.24) is 9.78 Å². The topological polar surface area (TPSA) is 99.5 Å². The first kappa shape index (κ1) is 25.0. The highest BCUT2D eigenvalue weighted by molar-refractivity contribution is 7.18. The number of nitrogens with zero attached hydrogens (tertiary/aromatic N) is 2. The van der Waals surface area contributed by atoms with Crippen LogP contribution < -0.4 is 5.32 Å². The van der Waals surface area contributed by atoms with Crippen LogP contribution in [0.2, 0.25) is 5.02 Å². The van der Waals surface area contributed by atoms with Gasteiger partial charge in [0.2, 0.25) is 5.91 Å². The van der Waals surface area contributed by atoms with E-state index in [9.17, 15) is 27.6 Å². The van der Waals surface area contributed by atoms with Crippen LogP contribution in [0.1, 0.15) is 69.1 Å². The maximum atomic E-state index is 13.2. The fraction of sp³-hybridized carbons (Fsp3) is 0.500. The van der Waals surface area contributed by atoms with E-state index in [2.05, 4.69) is 10.4 Å². The van der Waals surface area contributed by atoms with E-state index in [1.165, 1.54) is 6.92 Å². The molecule has 33 heavy (non-hydrogen) atoms. The molecule has 2 aromatic heterocycles. The number of alkyl halides is 3. The van der Waals surface area contributed by atoms with E-state index in [4.69, 9.17) is 21.1 Å². The number of hydrogen-bond donors (Lipinski definition) is 1. The first-order chi connectivity index (χ1) is 15.5. The summed E-state index contributed by atoms with van der Waals surface area (Å²) < 4.78 is 50.5. The van der Waals surface area contributed by atoms with Crippen molar-refractivity contribution in [3.63, 3.8) is 0 Å². The quantitative estimate of drug-likeness (QED) is 0.515. The fourth-order valence-corrected chi connectivity index (χ4v) is 4.79. The van der Waals surface area contributed by atoms with Gasteiger partial charge in [-0.3, -0.25) is 9.48 Å². The van der Waals surface area contributed by atoms with Crippen LogP contribution in [0.15, 0.2) is 0 Å². The van der Waals surface area contributed by atoms with Crippen LogP contribution in [-0.4, -0.2) is 41.3 Å². The summed E-state index contributed by atoms with van der Waals surface area (Å²) in [6.07, 6.45) is -3.55. The minimum absolute atomic E-state index is 0.0130. The molecule has 0 aromatic carbocycles. The summed E-state index contributed by atoms with van der Waals surface area (Å²) in [5.74, 6) is -2.11. The maximum absolute atomic E-state index is 13.2. The molecule has 0 saturated heterocycles. The molecule has 13 heteroatoms. The summed E-state index contributed by atoms with van der Waals surface area (Å²) in [4.78, 5) is 37.1. The van der Waals surface area contributed by atoms with Crippen molar-refractivity contribution in [2.24, 2.45) is 0 Å². The Morgan fingerprint density at radius 1 is 1.27 bits per heavy atom. The van der Waals surface area contributed by atoms with Crippen molar-refractivity contribution in [3.8, 4) is 0 Å². The van der Waals surface area contributed by atoms with Gasteiger partial charge in [-0.15, -0.1) is 11.3 Å². The van der Waals surface area contributed by atoms with Gasteiger partial charge in [0, 0.05) is 12.3 Å². The zero-order valence-electron chi connectivity index (χ0n) is 18.0. The summed E-state index contributed by atoms with van der Waals surface area (Å²) in [5, 5.41) is 5.78. The highest BCUT2D eigenvalue weighted by atomic mass is 35.5. The third-order valence-electron chi connectivity index (χ3n) is 4.96. The number of methoxy groups -OCH3 is 1. The lowest BCUT2D eigenvalue weighted by Gasteiger charge is -2.08. The van der Waals surface area contributed by atoms with Gasteiger partial charge in [0.1, 0.15) is 9.88 Å². The number of aromatic nitrogens is 2. The van der Waals surface area contributed by atoms with E-state index in [-0.39, 0.29) is 46.6 Å². The smallest absolute Gasteiger partial charge is 0.436 e. The third-order valence-corrected chi connectivity index (χ3v) is 6.52. The van der Waals surface area contributed by atoms with Crippen molar-refractivity contribution in [2.45, 2.75) is 51.7 Å². The highest BCUT2D eigenvalue weighted by Crippen LogP contribution is 2.47. The number of hydrogen-bond acceptors (Lipinski definition) is 7. The minimum Gasteiger partial charge on any atom is -0.465 e. The molecule has 2 heterocycles. The molecular weight excluding hydrogens is 487 g/mol. The van der Waals surface area contributed by atoms with Crippen molar-refractivity contribution < 1.29 is 37.0 Å². The van der Waals surface area contributed by atoms with Crippen LogP contribution in [0.25, 0.3) is 0 Å². The Kier molecular flexibility index (Phi) is 7.37. The maximum Gasteiger partial charge on any atom is 0.436 e. The van der Waals surface area contributed by atoms with Gasteiger partial charge >= 0.3 is 18.1 Å². The fourth-order valence-electron chi connectivity index (χ4n) is 3.29. The second-order valence-electron chi connectivity index (χ2n) is 7.31. The predicted octanol–water partition coefficient (Wildman–Crippen LogP) is 4.79. The molecule has 1 aliphatic carbocycles. The number of thiophene rings is 1. The van der Waals surface area contributed by atoms with E-state index >= 15 is 0 Å². The second kappa shape index (κ2) is 9.72. The summed E-state index contributed by atoms with van der Waals surface area (Å²) in [5.41, 5.74) is -0.597. The van der Waals surface area contributed by atoms with Crippen molar-refractivity contribution in [1.29, 1.82) is 0 Å². The van der Waals surface area contributed by atoms with E-state index in [1.807, 2.05) is 0 Å². The number of rotatable bonds is 8. The molecule has 2 aromatic rings. The van der Waals surface area contributed by atoms with Crippen LogP contribution in [0, 0.1) is 6.92 Å². The molecule has 0 bridgehead atoms. The lowest BCUT2D eigenvalue weighted by molar-refractivity contribution is -0.141. The molecule has 1 amide bonds. The number of carbonyl (C=O) groups is 3. The number of esters is 2. The molecule has 1 fully saturated rings. The molecule has 0 unspecified atom stereocenters. The largest absolute Gasteiger partial charge is 0.465 e. The number of carbonyl (C=O) groups excluding carboxylic acids is 3. The number of anilines is 1. The van der Waals surface area contributed by atoms with Crippen molar-refractivity contribution >= 4 is 45.8 Å². The van der Waals surface area contributed by atoms with E-state index in [1.54, 1.807) is 6.92 Å². The summed E-state index contributed by atoms with van der Waals surface area (Å²) in [6.45, 7) is 3.14. The highest BCUT2D eigenvalue weighted by Gasteiger charge is 2.42. The summed E-state index contributed by atoms with van der Waals surface area (Å²) in [7, 11) is 1.16. The Hall–Kier alpha value is -2.60. The van der Waals surface area contributed by atoms with Gasteiger partial charge in [-0.05, 0) is 32.3 Å². The normalized spacial score (nSPS) is 13.7. The van der Waals surface area contributed by atoms with Gasteiger partial charge in [0.05, 0.1) is 36.5 Å². The zero-order chi connectivity index (χ0) is 24.5. The SMILES string of the molecule is CCOC(=O)c1sc(NC(=O)CCn2nc(C(F)(F)F)c(Cl)c2C2CC2)c(C(=O)OC)c1C. The first-order valence-corrected chi connectivity index (χ1v) is 11.2. The van der Waals surface area contributed by atoms with Gasteiger partial charge < -0.3 is 14.8 Å². The molecule has 1 aliphatic rings. The van der Waals surface area contributed by atoms with Gasteiger partial charge in [0.15, 0.2) is 5.69 Å². The van der Waals surface area contributed by atoms with E-state index in [0.717, 1.165) is 23.1 Å². The summed E-state index contributed by atoms with van der Waals surface area (Å²) >= 11 is 6.80. The first-order valence-electron chi connectivity index (χ1n) is 10.0. The number of aryl methyl sites for hydroxylation is 1. The zero-order valence-corrected chi connectivity index (χ0v) is 19.5. The standard InChI is InChI=1S/C20H21ClF3N3O5S/c1-4-32-19(30)15-9(2)12(18(29)31-3)17(33-15)25-11(28)7-8-27-14(10-5-6-10)13(21)16(26-27)20(22,23)24/h10H,4-8H2,1-3H3,(H,25,28). The number of amides is 1. The van der Waals surface area contributed by atoms with Gasteiger partial charge in [0.25, 0.3) is 0 Å². The average Bonchev–Trinajstić information content (AvgIpc) is 3.43. The Labute approximate surface area is 196 Å². The molecule has 1 N–H and O–H groups in total. The number of halogens is 4. The van der Waals surface area contributed by atoms with Gasteiger partial charge in [-0.25, -0.2) is 9.59 Å². The van der Waals surface area contributed by atoms with Crippen LogP contribution in [0.5, 0.6) is 0 Å². The predicted molar refractivity (Wildman–Crippen MR) is 114 cm³/mol. The molecular formula is C20H21ClF3N3O5S. The second-order valence-corrected chi connectivity index (χ2v) is 8.71. The molecule has 8 nitrogen and oxygen atoms in total. The molecule has 180 valence electrons. The lowest BCUT2D eigenvalue weighted by atomic mass is 10.1. The van der Waals surface area contributed by atoms with Crippen LogP contribution in [0.3, 0.4) is 0 Å². The molecule has 0 aliphatic heterocycles. The van der Waals surface area contributed by atoms with E-state index < -0.39 is 34.7 Å². The molecule has 0 atom stereocenters. The van der Waals surface area contributed by atoms with Crippen LogP contribution in [0.4, 0.5) is 18.2 Å². The lowest BCUT2D eigenvalue weighted by Crippen LogP contribution is -2.17. The molecule has 0 radical (unpaired) electrons. The number of nitrogens with one attached hydrogen (secondary N) is 1. The average molecular weight is 508 g/mol. The molecule has 1 saturated carbocycles. The number of ether oxygens (including phenoxy) is 2. The van der Waals surface area contributed by atoms with Gasteiger partial charge in [-0.1, -0.05) is 11.6 Å². The Balaban J connectivity index is 1.80. The van der Waals surface area contributed by atoms with Crippen molar-refractivity contribution in [3.05, 3.63) is 32.4 Å². The molecule has 3 rings (SSSR count). The van der Waals surface area contributed by atoms with Crippen molar-refractivity contribution in [2.75, 3.05) is 19.0 Å². The Bertz CT molecular complexity index is 1090. The van der Waals surface area contributed by atoms with Gasteiger partial charge in [-0.2, -0.15) is 18.3 Å². The monoisotopic (exact) mass is 507 g/mol.